The van der Waals surface area contributed by atoms with Crippen LogP contribution < -0.4 is 5.32 Å². The van der Waals surface area contributed by atoms with Crippen molar-refractivity contribution in [2.24, 2.45) is 0 Å². The molecule has 23 heavy (non-hydrogen) atoms. The number of amides is 1. The Hall–Kier alpha value is -1.56. The Morgan fingerprint density at radius 2 is 1.91 bits per heavy atom. The molecular weight excluding hydrogens is 305 g/mol. The quantitative estimate of drug-likeness (QED) is 0.860. The first-order chi connectivity index (χ1) is 10.5. The van der Waals surface area contributed by atoms with E-state index in [4.69, 9.17) is 0 Å². The Morgan fingerprint density at radius 3 is 2.43 bits per heavy atom. The van der Waals surface area contributed by atoms with E-state index in [1.165, 1.54) is 6.07 Å². The van der Waals surface area contributed by atoms with E-state index in [0.29, 0.717) is 5.56 Å². The predicted molar refractivity (Wildman–Crippen MR) is 84.9 cm³/mol. The van der Waals surface area contributed by atoms with Crippen LogP contribution in [0.15, 0.2) is 24.3 Å². The zero-order valence-electron chi connectivity index (χ0n) is 14.3. The maximum Gasteiger partial charge on any atom is 0.416 e. The highest BCUT2D eigenvalue weighted by Gasteiger charge is 2.30. The van der Waals surface area contributed by atoms with E-state index in [0.717, 1.165) is 18.6 Å². The van der Waals surface area contributed by atoms with Crippen LogP contribution in [-0.2, 0) is 17.5 Å². The van der Waals surface area contributed by atoms with Gasteiger partial charge in [0.05, 0.1) is 11.6 Å². The number of carbonyl (C=O) groups excluding carboxylic acids is 1. The lowest BCUT2D eigenvalue weighted by atomic mass is 10.0. The van der Waals surface area contributed by atoms with Gasteiger partial charge in [-0.25, -0.2) is 0 Å². The van der Waals surface area contributed by atoms with Crippen LogP contribution in [0.1, 0.15) is 45.2 Å². The van der Waals surface area contributed by atoms with E-state index >= 15 is 0 Å². The van der Waals surface area contributed by atoms with Gasteiger partial charge in [-0.15, -0.1) is 0 Å². The van der Waals surface area contributed by atoms with Crippen LogP contribution in [0, 0.1) is 0 Å². The fourth-order valence-corrected chi connectivity index (χ4v) is 2.00. The number of benzene rings is 1. The summed E-state index contributed by atoms with van der Waals surface area (Å²) in [5.41, 5.74) is -0.452. The molecule has 0 fully saturated rings. The SMILES string of the molecule is CCC(C)(C)NC(=O)C(C)N(C)Cc1cccc(C(F)(F)F)c1. The number of alkyl halides is 3. The van der Waals surface area contributed by atoms with E-state index in [1.807, 2.05) is 20.8 Å². The number of likely N-dealkylation sites (N-methyl/N-ethyl adjacent to an activating group) is 1. The molecule has 1 aromatic carbocycles. The van der Waals surface area contributed by atoms with Gasteiger partial charge in [-0.1, -0.05) is 25.1 Å². The van der Waals surface area contributed by atoms with Crippen LogP contribution in [0.4, 0.5) is 13.2 Å². The van der Waals surface area contributed by atoms with Gasteiger partial charge in [0, 0.05) is 12.1 Å². The zero-order valence-corrected chi connectivity index (χ0v) is 14.3. The predicted octanol–water partition coefficient (Wildman–Crippen LogP) is 3.83. The van der Waals surface area contributed by atoms with Crippen LogP contribution in [0.5, 0.6) is 0 Å². The number of hydrogen-bond donors (Lipinski definition) is 1. The molecule has 0 heterocycles. The average Bonchev–Trinajstić information content (AvgIpc) is 2.45. The standard InChI is InChI=1S/C17H25F3N2O/c1-6-16(3,4)21-15(23)12(2)22(5)11-13-8-7-9-14(10-13)17(18,19)20/h7-10,12H,6,11H2,1-5H3,(H,21,23). The minimum atomic E-state index is -4.36. The van der Waals surface area contributed by atoms with Crippen molar-refractivity contribution < 1.29 is 18.0 Å². The monoisotopic (exact) mass is 330 g/mol. The molecule has 0 saturated carbocycles. The zero-order chi connectivity index (χ0) is 17.8. The topological polar surface area (TPSA) is 32.3 Å². The minimum Gasteiger partial charge on any atom is -0.350 e. The molecule has 0 aliphatic rings. The summed E-state index contributed by atoms with van der Waals surface area (Å²) in [4.78, 5) is 14.0. The van der Waals surface area contributed by atoms with E-state index in [1.54, 1.807) is 24.9 Å². The molecule has 0 aliphatic heterocycles. The van der Waals surface area contributed by atoms with Crippen molar-refractivity contribution in [2.75, 3.05) is 7.05 Å². The lowest BCUT2D eigenvalue weighted by Crippen LogP contribution is -2.50. The molecule has 3 nitrogen and oxygen atoms in total. The largest absolute Gasteiger partial charge is 0.416 e. The molecule has 0 bridgehead atoms. The van der Waals surface area contributed by atoms with Crippen LogP contribution in [0.2, 0.25) is 0 Å². The number of hydrogen-bond acceptors (Lipinski definition) is 2. The summed E-state index contributed by atoms with van der Waals surface area (Å²) >= 11 is 0. The van der Waals surface area contributed by atoms with E-state index in [2.05, 4.69) is 5.32 Å². The van der Waals surface area contributed by atoms with Gasteiger partial charge in [0.15, 0.2) is 0 Å². The highest BCUT2D eigenvalue weighted by atomic mass is 19.4. The minimum absolute atomic E-state index is 0.133. The molecule has 1 rings (SSSR count). The summed E-state index contributed by atoms with van der Waals surface area (Å²) in [6, 6.07) is 4.75. The van der Waals surface area contributed by atoms with Gasteiger partial charge in [0.2, 0.25) is 5.91 Å². The Bertz CT molecular complexity index is 541. The van der Waals surface area contributed by atoms with Crippen LogP contribution in [0.25, 0.3) is 0 Å². The van der Waals surface area contributed by atoms with Gasteiger partial charge in [0.1, 0.15) is 0 Å². The van der Waals surface area contributed by atoms with Crippen molar-refractivity contribution in [3.05, 3.63) is 35.4 Å². The van der Waals surface area contributed by atoms with Crippen molar-refractivity contribution in [1.82, 2.24) is 10.2 Å². The highest BCUT2D eigenvalue weighted by Crippen LogP contribution is 2.29. The molecule has 0 aliphatic carbocycles. The van der Waals surface area contributed by atoms with Crippen molar-refractivity contribution in [1.29, 1.82) is 0 Å². The van der Waals surface area contributed by atoms with Crippen molar-refractivity contribution in [2.45, 2.75) is 58.4 Å². The van der Waals surface area contributed by atoms with Crippen molar-refractivity contribution in [3.63, 3.8) is 0 Å². The van der Waals surface area contributed by atoms with E-state index < -0.39 is 17.8 Å². The van der Waals surface area contributed by atoms with Gasteiger partial charge in [-0.05, 0) is 45.9 Å². The molecule has 0 spiro atoms. The maximum absolute atomic E-state index is 12.7. The van der Waals surface area contributed by atoms with Gasteiger partial charge in [0.25, 0.3) is 0 Å². The first-order valence-electron chi connectivity index (χ1n) is 7.64. The summed E-state index contributed by atoms with van der Waals surface area (Å²) in [6.07, 6.45) is -3.56. The summed E-state index contributed by atoms with van der Waals surface area (Å²) in [6.45, 7) is 7.87. The average molecular weight is 330 g/mol. The summed E-state index contributed by atoms with van der Waals surface area (Å²) in [5, 5.41) is 2.95. The molecule has 6 heteroatoms. The van der Waals surface area contributed by atoms with Crippen molar-refractivity contribution >= 4 is 5.91 Å². The maximum atomic E-state index is 12.7. The lowest BCUT2D eigenvalue weighted by Gasteiger charge is -2.30. The molecule has 0 aromatic heterocycles. The highest BCUT2D eigenvalue weighted by molar-refractivity contribution is 5.81. The molecule has 1 atom stereocenters. The molecule has 1 amide bonds. The Morgan fingerprint density at radius 1 is 1.30 bits per heavy atom. The molecule has 1 N–H and O–H groups in total. The lowest BCUT2D eigenvalue weighted by molar-refractivity contribution is -0.137. The third-order valence-corrected chi connectivity index (χ3v) is 4.07. The first-order valence-corrected chi connectivity index (χ1v) is 7.64. The second kappa shape index (κ2) is 7.34. The van der Waals surface area contributed by atoms with Crippen LogP contribution in [-0.4, -0.2) is 29.4 Å². The summed E-state index contributed by atoms with van der Waals surface area (Å²) in [5.74, 6) is -0.133. The van der Waals surface area contributed by atoms with E-state index in [9.17, 15) is 18.0 Å². The Kier molecular flexibility index (Phi) is 6.22. The fraction of sp³-hybridized carbons (Fsp3) is 0.588. The first kappa shape index (κ1) is 19.5. The van der Waals surface area contributed by atoms with Crippen LogP contribution >= 0.6 is 0 Å². The Balaban J connectivity index is 2.76. The third kappa shape index (κ3) is 5.86. The fourth-order valence-electron chi connectivity index (χ4n) is 2.00. The number of carbonyl (C=O) groups is 1. The molecule has 0 saturated heterocycles. The number of nitrogens with one attached hydrogen (secondary N) is 1. The third-order valence-electron chi connectivity index (χ3n) is 4.07. The van der Waals surface area contributed by atoms with Crippen molar-refractivity contribution in [3.8, 4) is 0 Å². The molecule has 0 radical (unpaired) electrons. The van der Waals surface area contributed by atoms with E-state index in [-0.39, 0.29) is 18.0 Å². The smallest absolute Gasteiger partial charge is 0.350 e. The Labute approximate surface area is 135 Å². The molecule has 1 unspecified atom stereocenters. The van der Waals surface area contributed by atoms with Crippen LogP contribution in [0.3, 0.4) is 0 Å². The van der Waals surface area contributed by atoms with Gasteiger partial charge in [-0.2, -0.15) is 13.2 Å². The normalized spacial score (nSPS) is 14.0. The number of halogens is 3. The second-order valence-electron chi connectivity index (χ2n) is 6.52. The molecule has 1 aromatic rings. The summed E-state index contributed by atoms with van der Waals surface area (Å²) in [7, 11) is 1.73. The van der Waals surface area contributed by atoms with Gasteiger partial charge < -0.3 is 5.32 Å². The summed E-state index contributed by atoms with van der Waals surface area (Å²) < 4.78 is 38.2. The molecular formula is C17H25F3N2O. The second-order valence-corrected chi connectivity index (χ2v) is 6.52. The van der Waals surface area contributed by atoms with Gasteiger partial charge >= 0.3 is 6.18 Å². The number of nitrogens with zero attached hydrogens (tertiary/aromatic N) is 1. The molecule has 130 valence electrons. The number of rotatable bonds is 6. The van der Waals surface area contributed by atoms with Gasteiger partial charge in [-0.3, -0.25) is 9.69 Å².